The summed E-state index contributed by atoms with van der Waals surface area (Å²) in [6.45, 7) is 5.42. The molecule has 1 atom stereocenters. The van der Waals surface area contributed by atoms with Crippen molar-refractivity contribution in [1.29, 1.82) is 0 Å². The Labute approximate surface area is 113 Å². The number of aromatic nitrogens is 2. The molecule has 4 heteroatoms. The molecular weight excluding hydrogens is 238 g/mol. The van der Waals surface area contributed by atoms with Crippen LogP contribution < -0.4 is 5.73 Å². The zero-order valence-corrected chi connectivity index (χ0v) is 11.6. The van der Waals surface area contributed by atoms with Gasteiger partial charge in [0.2, 0.25) is 0 Å². The monoisotopic (exact) mass is 259 g/mol. The lowest BCUT2D eigenvalue weighted by Crippen LogP contribution is -2.16. The minimum atomic E-state index is 0.212. The quantitative estimate of drug-likeness (QED) is 0.864. The fourth-order valence-electron chi connectivity index (χ4n) is 2.30. The number of nitrogens with two attached hydrogens (primary N) is 1. The summed E-state index contributed by atoms with van der Waals surface area (Å²) in [6, 6.07) is 8.06. The van der Waals surface area contributed by atoms with Gasteiger partial charge in [-0.3, -0.25) is 9.48 Å². The Morgan fingerprint density at radius 1 is 1.42 bits per heavy atom. The van der Waals surface area contributed by atoms with E-state index in [1.807, 2.05) is 35.9 Å². The van der Waals surface area contributed by atoms with E-state index in [1.54, 1.807) is 0 Å². The van der Waals surface area contributed by atoms with Gasteiger partial charge in [-0.25, -0.2) is 0 Å². The predicted molar refractivity (Wildman–Crippen MR) is 77.0 cm³/mol. The van der Waals surface area contributed by atoms with Crippen LogP contribution in [0.25, 0.3) is 10.9 Å². The number of rotatable bonds is 6. The maximum atomic E-state index is 12.0. The van der Waals surface area contributed by atoms with Crippen molar-refractivity contribution in [3.63, 3.8) is 0 Å². The first kappa shape index (κ1) is 13.7. The molecule has 0 amide bonds. The molecular formula is C15H21N3O. The summed E-state index contributed by atoms with van der Waals surface area (Å²) < 4.78 is 1.95. The van der Waals surface area contributed by atoms with Crippen LogP contribution in [0.5, 0.6) is 0 Å². The first-order chi connectivity index (χ1) is 9.15. The average molecular weight is 259 g/mol. The van der Waals surface area contributed by atoms with Gasteiger partial charge >= 0.3 is 0 Å². The molecule has 1 aromatic carbocycles. The van der Waals surface area contributed by atoms with Crippen molar-refractivity contribution in [2.45, 2.75) is 33.2 Å². The molecule has 0 radical (unpaired) electrons. The highest BCUT2D eigenvalue weighted by molar-refractivity contribution is 5.88. The molecule has 0 fully saturated rings. The first-order valence-electron chi connectivity index (χ1n) is 6.81. The van der Waals surface area contributed by atoms with Crippen LogP contribution in [0.4, 0.5) is 0 Å². The van der Waals surface area contributed by atoms with Gasteiger partial charge in [0.25, 0.3) is 0 Å². The molecule has 102 valence electrons. The van der Waals surface area contributed by atoms with Gasteiger partial charge in [-0.15, -0.1) is 0 Å². The standard InChI is InChI=1S/C15H21N3O/c1-3-18-15-7-5-4-6-13(15)14(17-18)9-12(19)8-11(2)10-16/h4-7,11H,3,8-10,16H2,1-2H3. The highest BCUT2D eigenvalue weighted by Gasteiger charge is 2.14. The van der Waals surface area contributed by atoms with Crippen LogP contribution in [-0.4, -0.2) is 22.1 Å². The van der Waals surface area contributed by atoms with E-state index in [0.29, 0.717) is 19.4 Å². The smallest absolute Gasteiger partial charge is 0.139 e. The lowest BCUT2D eigenvalue weighted by Gasteiger charge is -2.05. The van der Waals surface area contributed by atoms with Gasteiger partial charge in [0.1, 0.15) is 5.78 Å². The van der Waals surface area contributed by atoms with Crippen LogP contribution in [0.3, 0.4) is 0 Å². The fraction of sp³-hybridized carbons (Fsp3) is 0.467. The number of hydrogen-bond acceptors (Lipinski definition) is 3. The third-order valence-corrected chi connectivity index (χ3v) is 3.38. The lowest BCUT2D eigenvalue weighted by molar-refractivity contribution is -0.119. The number of nitrogens with zero attached hydrogens (tertiary/aromatic N) is 2. The van der Waals surface area contributed by atoms with Crippen LogP contribution in [0, 0.1) is 5.92 Å². The highest BCUT2D eigenvalue weighted by Crippen LogP contribution is 2.19. The molecule has 0 aliphatic rings. The molecule has 1 unspecified atom stereocenters. The number of carbonyl (C=O) groups is 1. The van der Waals surface area contributed by atoms with E-state index in [0.717, 1.165) is 23.1 Å². The van der Waals surface area contributed by atoms with E-state index in [4.69, 9.17) is 5.73 Å². The SMILES string of the molecule is CCn1nc(CC(=O)CC(C)CN)c2ccccc21. The molecule has 0 spiro atoms. The minimum Gasteiger partial charge on any atom is -0.330 e. The summed E-state index contributed by atoms with van der Waals surface area (Å²) in [5, 5.41) is 5.63. The number of carbonyl (C=O) groups excluding carboxylic acids is 1. The van der Waals surface area contributed by atoms with E-state index in [-0.39, 0.29) is 11.7 Å². The Morgan fingerprint density at radius 3 is 2.84 bits per heavy atom. The van der Waals surface area contributed by atoms with Crippen LogP contribution in [-0.2, 0) is 17.8 Å². The number of benzene rings is 1. The van der Waals surface area contributed by atoms with Gasteiger partial charge in [-0.05, 0) is 25.5 Å². The van der Waals surface area contributed by atoms with Crippen molar-refractivity contribution < 1.29 is 4.79 Å². The molecule has 4 nitrogen and oxygen atoms in total. The Morgan fingerprint density at radius 2 is 2.16 bits per heavy atom. The van der Waals surface area contributed by atoms with Crippen LogP contribution in [0.15, 0.2) is 24.3 Å². The topological polar surface area (TPSA) is 60.9 Å². The van der Waals surface area contributed by atoms with Crippen LogP contribution in [0.2, 0.25) is 0 Å². The van der Waals surface area contributed by atoms with Gasteiger partial charge in [0.05, 0.1) is 17.6 Å². The maximum absolute atomic E-state index is 12.0. The van der Waals surface area contributed by atoms with Crippen LogP contribution in [0.1, 0.15) is 26.0 Å². The van der Waals surface area contributed by atoms with Crippen molar-refractivity contribution >= 4 is 16.7 Å². The molecule has 0 saturated heterocycles. The summed E-state index contributed by atoms with van der Waals surface area (Å²) >= 11 is 0. The molecule has 0 aliphatic carbocycles. The molecule has 0 aliphatic heterocycles. The van der Waals surface area contributed by atoms with Gasteiger partial charge < -0.3 is 5.73 Å². The van der Waals surface area contributed by atoms with E-state index in [1.165, 1.54) is 0 Å². The number of Topliss-reactive ketones (excluding diaryl/α,β-unsaturated/α-hetero) is 1. The van der Waals surface area contributed by atoms with Gasteiger partial charge in [0.15, 0.2) is 0 Å². The zero-order valence-electron chi connectivity index (χ0n) is 11.6. The number of hydrogen-bond donors (Lipinski definition) is 1. The molecule has 2 rings (SSSR count). The predicted octanol–water partition coefficient (Wildman–Crippen LogP) is 2.15. The van der Waals surface area contributed by atoms with Crippen molar-refractivity contribution in [1.82, 2.24) is 9.78 Å². The second-order valence-electron chi connectivity index (χ2n) is 5.04. The number of ketones is 1. The molecule has 1 heterocycles. The number of para-hydroxylation sites is 1. The number of aryl methyl sites for hydroxylation is 1. The lowest BCUT2D eigenvalue weighted by atomic mass is 10.0. The second kappa shape index (κ2) is 5.97. The van der Waals surface area contributed by atoms with E-state index in [9.17, 15) is 4.79 Å². The van der Waals surface area contributed by atoms with E-state index >= 15 is 0 Å². The Balaban J connectivity index is 2.23. The summed E-state index contributed by atoms with van der Waals surface area (Å²) in [5.41, 5.74) is 7.54. The second-order valence-corrected chi connectivity index (χ2v) is 5.04. The third-order valence-electron chi connectivity index (χ3n) is 3.38. The Kier molecular flexibility index (Phi) is 4.32. The molecule has 2 N–H and O–H groups in total. The van der Waals surface area contributed by atoms with Gasteiger partial charge in [0, 0.05) is 18.4 Å². The Bertz CT molecular complexity index is 574. The summed E-state index contributed by atoms with van der Waals surface area (Å²) in [5.74, 6) is 0.455. The fourth-order valence-corrected chi connectivity index (χ4v) is 2.30. The first-order valence-corrected chi connectivity index (χ1v) is 6.81. The number of fused-ring (bicyclic) bond motifs is 1. The van der Waals surface area contributed by atoms with Crippen molar-refractivity contribution in [2.24, 2.45) is 11.7 Å². The Hall–Kier alpha value is -1.68. The zero-order chi connectivity index (χ0) is 13.8. The maximum Gasteiger partial charge on any atom is 0.139 e. The van der Waals surface area contributed by atoms with E-state index < -0.39 is 0 Å². The largest absolute Gasteiger partial charge is 0.330 e. The average Bonchev–Trinajstić information content (AvgIpc) is 2.77. The molecule has 0 bridgehead atoms. The van der Waals surface area contributed by atoms with Gasteiger partial charge in [-0.2, -0.15) is 5.10 Å². The molecule has 1 aromatic heterocycles. The molecule has 0 saturated carbocycles. The van der Waals surface area contributed by atoms with Gasteiger partial charge in [-0.1, -0.05) is 25.1 Å². The van der Waals surface area contributed by atoms with Crippen molar-refractivity contribution in [3.8, 4) is 0 Å². The van der Waals surface area contributed by atoms with Crippen molar-refractivity contribution in [2.75, 3.05) is 6.54 Å². The normalized spacial score (nSPS) is 12.8. The minimum absolute atomic E-state index is 0.212. The molecule has 2 aromatic rings. The van der Waals surface area contributed by atoms with Crippen LogP contribution >= 0.6 is 0 Å². The third kappa shape index (κ3) is 3.01. The summed E-state index contributed by atoms with van der Waals surface area (Å²) in [7, 11) is 0. The van der Waals surface area contributed by atoms with Crippen molar-refractivity contribution in [3.05, 3.63) is 30.0 Å². The highest BCUT2D eigenvalue weighted by atomic mass is 16.1. The van der Waals surface area contributed by atoms with E-state index in [2.05, 4.69) is 12.0 Å². The summed E-state index contributed by atoms with van der Waals surface area (Å²) in [6.07, 6.45) is 0.932. The summed E-state index contributed by atoms with van der Waals surface area (Å²) in [4.78, 5) is 12.0. The molecule has 19 heavy (non-hydrogen) atoms.